The van der Waals surface area contributed by atoms with E-state index in [1.165, 1.54) is 16.4 Å². The Hall–Kier alpha value is -1.22. The van der Waals surface area contributed by atoms with Gasteiger partial charge in [-0.1, -0.05) is 11.6 Å². The summed E-state index contributed by atoms with van der Waals surface area (Å²) in [5, 5.41) is 13.8. The first-order valence-electron chi connectivity index (χ1n) is 6.89. The zero-order chi connectivity index (χ0) is 16.5. The lowest BCUT2D eigenvalue weighted by atomic mass is 10.1. The number of nitro groups is 1. The van der Waals surface area contributed by atoms with Crippen LogP contribution in [0.1, 0.15) is 18.4 Å². The number of hydrogen-bond donors (Lipinski definition) is 1. The number of rotatable bonds is 4. The number of piperidine rings is 1. The number of nitro benzene ring substituents is 1. The highest BCUT2D eigenvalue weighted by atomic mass is 35.5. The number of benzene rings is 1. The maximum atomic E-state index is 12.8. The van der Waals surface area contributed by atoms with Crippen LogP contribution in [0.3, 0.4) is 0 Å². The molecule has 7 nitrogen and oxygen atoms in total. The first-order valence-corrected chi connectivity index (χ1v) is 8.71. The van der Waals surface area contributed by atoms with E-state index in [9.17, 15) is 18.5 Å². The van der Waals surface area contributed by atoms with Crippen LogP contribution < -0.4 is 5.32 Å². The van der Waals surface area contributed by atoms with E-state index >= 15 is 0 Å². The summed E-state index contributed by atoms with van der Waals surface area (Å²) in [6.07, 6.45) is 1.63. The van der Waals surface area contributed by atoms with E-state index in [1.807, 2.05) is 0 Å². The Morgan fingerprint density at radius 3 is 2.73 bits per heavy atom. The van der Waals surface area contributed by atoms with Gasteiger partial charge in [0.05, 0.1) is 4.92 Å². The smallest absolute Gasteiger partial charge is 0.289 e. The van der Waals surface area contributed by atoms with E-state index in [1.54, 1.807) is 14.0 Å². The van der Waals surface area contributed by atoms with Gasteiger partial charge in [0.2, 0.25) is 10.0 Å². The average molecular weight is 348 g/mol. The van der Waals surface area contributed by atoms with Crippen molar-refractivity contribution < 1.29 is 13.3 Å². The summed E-state index contributed by atoms with van der Waals surface area (Å²) >= 11 is 5.99. The third-order valence-corrected chi connectivity index (χ3v) is 6.17. The molecule has 1 N–H and O–H groups in total. The fourth-order valence-electron chi connectivity index (χ4n) is 2.57. The Morgan fingerprint density at radius 2 is 2.14 bits per heavy atom. The van der Waals surface area contributed by atoms with Gasteiger partial charge in [0, 0.05) is 25.2 Å². The van der Waals surface area contributed by atoms with Crippen molar-refractivity contribution in [1.29, 1.82) is 0 Å². The molecule has 1 heterocycles. The van der Waals surface area contributed by atoms with E-state index in [2.05, 4.69) is 5.32 Å². The first kappa shape index (κ1) is 17.1. The van der Waals surface area contributed by atoms with Crippen LogP contribution in [0.2, 0.25) is 5.02 Å². The van der Waals surface area contributed by atoms with Gasteiger partial charge in [-0.05, 0) is 38.4 Å². The third kappa shape index (κ3) is 3.24. The lowest BCUT2D eigenvalue weighted by Crippen LogP contribution is -2.46. The van der Waals surface area contributed by atoms with Crippen molar-refractivity contribution in [3.63, 3.8) is 0 Å². The maximum absolute atomic E-state index is 12.8. The Labute approximate surface area is 134 Å². The molecule has 2 rings (SSSR count). The van der Waals surface area contributed by atoms with Crippen LogP contribution in [0, 0.1) is 17.0 Å². The molecule has 1 aromatic rings. The second-order valence-electron chi connectivity index (χ2n) is 5.34. The molecular weight excluding hydrogens is 330 g/mol. The first-order chi connectivity index (χ1) is 10.3. The van der Waals surface area contributed by atoms with Gasteiger partial charge in [0.25, 0.3) is 5.69 Å². The molecule has 0 bridgehead atoms. The van der Waals surface area contributed by atoms with Gasteiger partial charge in [-0.3, -0.25) is 10.1 Å². The summed E-state index contributed by atoms with van der Waals surface area (Å²) in [5.74, 6) is 0. The highest BCUT2D eigenvalue weighted by Crippen LogP contribution is 2.34. The summed E-state index contributed by atoms with van der Waals surface area (Å²) in [5.41, 5.74) is 0.0965. The molecule has 0 amide bonds. The fourth-order valence-corrected chi connectivity index (χ4v) is 4.73. The van der Waals surface area contributed by atoms with E-state index in [4.69, 9.17) is 11.6 Å². The summed E-state index contributed by atoms with van der Waals surface area (Å²) in [7, 11) is -2.07. The number of hydrogen-bond acceptors (Lipinski definition) is 5. The lowest BCUT2D eigenvalue weighted by Gasteiger charge is -2.31. The number of sulfonamides is 1. The molecule has 0 spiro atoms. The van der Waals surface area contributed by atoms with E-state index < -0.39 is 14.9 Å². The molecule has 22 heavy (non-hydrogen) atoms. The molecule has 1 aliphatic heterocycles. The minimum absolute atomic E-state index is 0.0714. The standard InChI is InChI=1S/C13H18ClN3O4S/c1-9-6-11(17(18)19)13(14)12(7-9)22(20,21)16-5-3-4-10(8-16)15-2/h6-7,10,15H,3-5,8H2,1-2H3. The Morgan fingerprint density at radius 1 is 1.45 bits per heavy atom. The molecular formula is C13H18ClN3O4S. The summed E-state index contributed by atoms with van der Waals surface area (Å²) in [6, 6.07) is 2.73. The average Bonchev–Trinajstić information content (AvgIpc) is 2.48. The zero-order valence-corrected chi connectivity index (χ0v) is 13.9. The number of nitrogens with zero attached hydrogens (tertiary/aromatic N) is 2. The van der Waals surface area contributed by atoms with Crippen molar-refractivity contribution in [2.75, 3.05) is 20.1 Å². The van der Waals surface area contributed by atoms with Gasteiger partial charge < -0.3 is 5.32 Å². The highest BCUT2D eigenvalue weighted by Gasteiger charge is 2.33. The van der Waals surface area contributed by atoms with Crippen LogP contribution in [-0.2, 0) is 10.0 Å². The molecule has 1 saturated heterocycles. The van der Waals surface area contributed by atoms with Gasteiger partial charge in [-0.2, -0.15) is 4.31 Å². The van der Waals surface area contributed by atoms with Crippen molar-refractivity contribution in [1.82, 2.24) is 9.62 Å². The van der Waals surface area contributed by atoms with Gasteiger partial charge in [-0.15, -0.1) is 0 Å². The predicted octanol–water partition coefficient (Wildman–Crippen LogP) is 1.93. The number of halogens is 1. The van der Waals surface area contributed by atoms with Crippen LogP contribution in [0.15, 0.2) is 17.0 Å². The lowest BCUT2D eigenvalue weighted by molar-refractivity contribution is -0.385. The Balaban J connectivity index is 2.47. The van der Waals surface area contributed by atoms with E-state index in [0.29, 0.717) is 18.7 Å². The maximum Gasteiger partial charge on any atom is 0.289 e. The van der Waals surface area contributed by atoms with Crippen molar-refractivity contribution in [2.45, 2.75) is 30.7 Å². The molecule has 0 aromatic heterocycles. The summed E-state index contributed by atoms with van der Waals surface area (Å²) in [4.78, 5) is 10.2. The molecule has 1 aromatic carbocycles. The molecule has 1 fully saturated rings. The molecule has 0 saturated carbocycles. The van der Waals surface area contributed by atoms with Crippen LogP contribution >= 0.6 is 11.6 Å². The van der Waals surface area contributed by atoms with Gasteiger partial charge >= 0.3 is 0 Å². The molecule has 0 aliphatic carbocycles. The molecule has 1 unspecified atom stereocenters. The molecule has 9 heteroatoms. The van der Waals surface area contributed by atoms with Gasteiger partial charge in [0.15, 0.2) is 0 Å². The van der Waals surface area contributed by atoms with Crippen molar-refractivity contribution >= 4 is 27.3 Å². The fraction of sp³-hybridized carbons (Fsp3) is 0.538. The monoisotopic (exact) mass is 347 g/mol. The van der Waals surface area contributed by atoms with Gasteiger partial charge in [-0.25, -0.2) is 8.42 Å². The molecule has 122 valence electrons. The zero-order valence-electron chi connectivity index (χ0n) is 12.4. The molecule has 1 atom stereocenters. The Kier molecular flexibility index (Phi) is 5.06. The minimum atomic E-state index is -3.86. The van der Waals surface area contributed by atoms with Crippen molar-refractivity contribution in [2.24, 2.45) is 0 Å². The van der Waals surface area contributed by atoms with Crippen LogP contribution in [0.25, 0.3) is 0 Å². The summed E-state index contributed by atoms with van der Waals surface area (Å²) < 4.78 is 26.9. The molecule has 1 aliphatic rings. The Bertz CT molecular complexity index is 693. The van der Waals surface area contributed by atoms with Crippen LogP contribution in [0.5, 0.6) is 0 Å². The minimum Gasteiger partial charge on any atom is -0.316 e. The third-order valence-electron chi connectivity index (χ3n) is 3.77. The normalized spacial score (nSPS) is 20.0. The number of nitrogens with one attached hydrogen (secondary N) is 1. The highest BCUT2D eigenvalue weighted by molar-refractivity contribution is 7.89. The van der Waals surface area contributed by atoms with E-state index in [0.717, 1.165) is 12.8 Å². The second-order valence-corrected chi connectivity index (χ2v) is 7.63. The molecule has 0 radical (unpaired) electrons. The van der Waals surface area contributed by atoms with Crippen LogP contribution in [0.4, 0.5) is 5.69 Å². The predicted molar refractivity (Wildman–Crippen MR) is 83.7 cm³/mol. The van der Waals surface area contributed by atoms with E-state index in [-0.39, 0.29) is 21.6 Å². The number of likely N-dealkylation sites (N-methyl/N-ethyl adjacent to an activating group) is 1. The van der Waals surface area contributed by atoms with Gasteiger partial charge in [0.1, 0.15) is 9.92 Å². The van der Waals surface area contributed by atoms with Crippen molar-refractivity contribution in [3.8, 4) is 0 Å². The SMILES string of the molecule is CNC1CCCN(S(=O)(=O)c2cc(C)cc([N+](=O)[O-])c2Cl)C1. The summed E-state index contributed by atoms with van der Waals surface area (Å²) in [6.45, 7) is 2.32. The quantitative estimate of drug-likeness (QED) is 0.663. The van der Waals surface area contributed by atoms with Crippen molar-refractivity contribution in [3.05, 3.63) is 32.8 Å². The van der Waals surface area contributed by atoms with Crippen LogP contribution in [-0.4, -0.2) is 43.8 Å². The second kappa shape index (κ2) is 6.49. The number of aryl methyl sites for hydroxylation is 1. The largest absolute Gasteiger partial charge is 0.316 e. The topological polar surface area (TPSA) is 92.6 Å².